The fourth-order valence-corrected chi connectivity index (χ4v) is 12.6. The highest BCUT2D eigenvalue weighted by atomic mass is 32.2. The molecule has 0 fully saturated rings. The van der Waals surface area contributed by atoms with Gasteiger partial charge in [-0.15, -0.1) is 11.3 Å². The van der Waals surface area contributed by atoms with E-state index >= 15 is 0 Å². The summed E-state index contributed by atoms with van der Waals surface area (Å²) in [5.74, 6) is 0. The number of hydrogen-bond acceptors (Lipinski definition) is 4. The van der Waals surface area contributed by atoms with Crippen LogP contribution in [-0.4, -0.2) is 0 Å². The minimum Gasteiger partial charge on any atom is -0.314 e. The maximum absolute atomic E-state index is 2.54. The summed E-state index contributed by atoms with van der Waals surface area (Å²) in [6.07, 6.45) is 8.83. The fourth-order valence-electron chi connectivity index (χ4n) is 10.2. The van der Waals surface area contributed by atoms with Crippen LogP contribution in [-0.2, 0) is 5.41 Å². The molecule has 0 amide bonds. The Hall–Kier alpha value is -6.59. The van der Waals surface area contributed by atoms with Gasteiger partial charge in [-0.25, -0.2) is 0 Å². The van der Waals surface area contributed by atoms with Crippen molar-refractivity contribution in [1.29, 1.82) is 0 Å². The lowest BCUT2D eigenvalue weighted by Gasteiger charge is -2.40. The van der Waals surface area contributed by atoms with E-state index in [0.717, 1.165) is 24.2 Å². The van der Waals surface area contributed by atoms with Crippen LogP contribution in [0.25, 0.3) is 31.3 Å². The summed E-state index contributed by atoms with van der Waals surface area (Å²) in [6.45, 7) is 2.28. The number of rotatable bonds is 6. The van der Waals surface area contributed by atoms with Crippen LogP contribution in [0, 0.1) is 6.92 Å². The smallest absolute Gasteiger partial charge is 0.0736 e. The van der Waals surface area contributed by atoms with Crippen molar-refractivity contribution in [2.45, 2.75) is 35.0 Å². The van der Waals surface area contributed by atoms with Crippen molar-refractivity contribution in [2.24, 2.45) is 0 Å². The van der Waals surface area contributed by atoms with E-state index in [1.807, 2.05) is 23.1 Å². The fraction of sp³-hybridized carbons (Fsp3) is 0.0714. The van der Waals surface area contributed by atoms with Crippen LogP contribution < -0.4 is 9.80 Å². The average molecular weight is 805 g/mol. The second-order valence-electron chi connectivity index (χ2n) is 16.0. The molecule has 0 bridgehead atoms. The Morgan fingerprint density at radius 2 is 1.10 bits per heavy atom. The lowest BCUT2D eigenvalue weighted by molar-refractivity contribution is 0.722. The molecule has 12 rings (SSSR count). The van der Waals surface area contributed by atoms with Gasteiger partial charge in [-0.2, -0.15) is 0 Å². The highest BCUT2D eigenvalue weighted by molar-refractivity contribution is 7.99. The zero-order valence-corrected chi connectivity index (χ0v) is 34.8. The van der Waals surface area contributed by atoms with Gasteiger partial charge in [0.05, 0.1) is 5.41 Å². The second-order valence-corrected chi connectivity index (χ2v) is 18.2. The predicted octanol–water partition coefficient (Wildman–Crippen LogP) is 16.0. The summed E-state index contributed by atoms with van der Waals surface area (Å²) >= 11 is 3.79. The molecule has 286 valence electrons. The van der Waals surface area contributed by atoms with Crippen molar-refractivity contribution in [3.8, 4) is 11.1 Å². The van der Waals surface area contributed by atoms with Gasteiger partial charge in [-0.3, -0.25) is 0 Å². The second kappa shape index (κ2) is 14.0. The van der Waals surface area contributed by atoms with Crippen LogP contribution in [0.2, 0.25) is 0 Å². The summed E-state index contributed by atoms with van der Waals surface area (Å²) < 4.78 is 2.60. The van der Waals surface area contributed by atoms with Crippen molar-refractivity contribution in [3.05, 3.63) is 234 Å². The summed E-state index contributed by atoms with van der Waals surface area (Å²) in [5.41, 5.74) is 16.1. The number of aryl methyl sites for hydroxylation is 1. The maximum atomic E-state index is 2.54. The zero-order chi connectivity index (χ0) is 39.8. The lowest BCUT2D eigenvalue weighted by atomic mass is 9.67. The molecular weight excluding hydrogens is 765 g/mol. The third-order valence-electron chi connectivity index (χ3n) is 12.6. The molecule has 0 radical (unpaired) electrons. The number of benzene rings is 8. The van der Waals surface area contributed by atoms with Crippen molar-refractivity contribution in [3.63, 3.8) is 0 Å². The summed E-state index contributed by atoms with van der Waals surface area (Å²) in [4.78, 5) is 7.54. The van der Waals surface area contributed by atoms with Crippen molar-refractivity contribution in [2.75, 3.05) is 9.80 Å². The first-order chi connectivity index (χ1) is 29.7. The lowest BCUT2D eigenvalue weighted by Crippen LogP contribution is -2.32. The van der Waals surface area contributed by atoms with Crippen LogP contribution in [0.15, 0.2) is 216 Å². The molecule has 1 aromatic heterocycles. The van der Waals surface area contributed by atoms with Gasteiger partial charge >= 0.3 is 0 Å². The number of para-hydroxylation sites is 2. The molecule has 4 heteroatoms. The molecule has 0 saturated heterocycles. The van der Waals surface area contributed by atoms with Gasteiger partial charge in [-0.1, -0.05) is 127 Å². The van der Waals surface area contributed by atoms with Crippen LogP contribution in [0.5, 0.6) is 0 Å². The zero-order valence-electron chi connectivity index (χ0n) is 33.2. The highest BCUT2D eigenvalue weighted by Gasteiger charge is 2.50. The van der Waals surface area contributed by atoms with E-state index in [9.17, 15) is 0 Å². The van der Waals surface area contributed by atoms with E-state index in [1.165, 1.54) is 91.7 Å². The monoisotopic (exact) mass is 804 g/mol. The molecule has 2 nitrogen and oxygen atoms in total. The first-order valence-corrected chi connectivity index (χ1v) is 22.4. The number of fused-ring (bicyclic) bond motifs is 12. The molecule has 60 heavy (non-hydrogen) atoms. The van der Waals surface area contributed by atoms with E-state index in [2.05, 4.69) is 217 Å². The Labute approximate surface area is 359 Å². The third-order valence-corrected chi connectivity index (χ3v) is 14.9. The average Bonchev–Trinajstić information content (AvgIpc) is 3.82. The molecule has 8 aromatic carbocycles. The number of nitrogens with zero attached hydrogens (tertiary/aromatic N) is 2. The minimum atomic E-state index is -0.428. The van der Waals surface area contributed by atoms with E-state index in [-0.39, 0.29) is 0 Å². The third kappa shape index (κ3) is 5.34. The Kier molecular flexibility index (Phi) is 8.26. The SMILES string of the molecule is Cc1cc(N(c2ccccc2)c2ccccc2)cc2sc3ccc(N(C4=CC=CCC4)c4ccc5c(c4)C4(c6ccccc6S5)c5ccccc5-c5ccccc54)cc3c12. The molecule has 9 aromatic rings. The normalized spacial score (nSPS) is 14.4. The molecule has 1 aliphatic heterocycles. The number of thiophene rings is 1. The van der Waals surface area contributed by atoms with Gasteiger partial charge in [0.1, 0.15) is 0 Å². The molecule has 2 aliphatic carbocycles. The summed E-state index contributed by atoms with van der Waals surface area (Å²) in [7, 11) is 0. The van der Waals surface area contributed by atoms with E-state index in [0.29, 0.717) is 0 Å². The Balaban J connectivity index is 1.04. The molecule has 0 saturated carbocycles. The van der Waals surface area contributed by atoms with Gasteiger partial charge in [0.2, 0.25) is 0 Å². The van der Waals surface area contributed by atoms with Gasteiger partial charge in [0.25, 0.3) is 0 Å². The molecular formula is C56H40N2S2. The number of allylic oxidation sites excluding steroid dienone is 4. The Bertz CT molecular complexity index is 3130. The van der Waals surface area contributed by atoms with Crippen molar-refractivity contribution < 1.29 is 0 Å². The first-order valence-electron chi connectivity index (χ1n) is 20.8. The molecule has 0 atom stereocenters. The largest absolute Gasteiger partial charge is 0.314 e. The van der Waals surface area contributed by atoms with Crippen LogP contribution in [0.3, 0.4) is 0 Å². The molecule has 0 N–H and O–H groups in total. The van der Waals surface area contributed by atoms with Gasteiger partial charge in [0, 0.05) is 64.1 Å². The van der Waals surface area contributed by atoms with E-state index in [1.54, 1.807) is 0 Å². The topological polar surface area (TPSA) is 6.48 Å². The number of hydrogen-bond donors (Lipinski definition) is 0. The number of anilines is 5. The minimum absolute atomic E-state index is 0.428. The van der Waals surface area contributed by atoms with Crippen LogP contribution in [0.1, 0.15) is 40.7 Å². The summed E-state index contributed by atoms with van der Waals surface area (Å²) in [5, 5.41) is 2.63. The van der Waals surface area contributed by atoms with Gasteiger partial charge in [0.15, 0.2) is 0 Å². The van der Waals surface area contributed by atoms with E-state index in [4.69, 9.17) is 0 Å². The quantitative estimate of drug-likeness (QED) is 0.165. The molecule has 0 unspecified atom stereocenters. The van der Waals surface area contributed by atoms with Crippen molar-refractivity contribution in [1.82, 2.24) is 0 Å². The Morgan fingerprint density at radius 3 is 1.80 bits per heavy atom. The Morgan fingerprint density at radius 1 is 0.483 bits per heavy atom. The van der Waals surface area contributed by atoms with Crippen LogP contribution >= 0.6 is 23.1 Å². The maximum Gasteiger partial charge on any atom is 0.0736 e. The van der Waals surface area contributed by atoms with Gasteiger partial charge in [-0.05, 0) is 144 Å². The molecule has 1 spiro atoms. The predicted molar refractivity (Wildman–Crippen MR) is 255 cm³/mol. The van der Waals surface area contributed by atoms with Gasteiger partial charge < -0.3 is 9.80 Å². The van der Waals surface area contributed by atoms with Crippen LogP contribution in [0.4, 0.5) is 28.4 Å². The van der Waals surface area contributed by atoms with E-state index < -0.39 is 5.41 Å². The molecule has 3 aliphatic rings. The standard InChI is InChI=1S/C56H40N2S2/c1-37-33-43(57(38-17-5-2-6-18-38)39-19-7-3-8-20-39)36-54-55(37)46-34-41(29-31-51(46)59-54)58(40-21-9-4-10-22-40)42-30-32-53-50(35-42)56(49-27-15-16-28-52(49)60-53)47-25-13-11-23-44(47)45-24-12-14-26-48(45)56/h2-9,11-21,23-36H,10,22H2,1H3. The molecule has 2 heterocycles. The highest BCUT2D eigenvalue weighted by Crippen LogP contribution is 2.62. The van der Waals surface area contributed by atoms with Crippen molar-refractivity contribution >= 4 is 71.7 Å². The summed E-state index contributed by atoms with van der Waals surface area (Å²) in [6, 6.07) is 67.8. The first kappa shape index (κ1) is 35.4.